The van der Waals surface area contributed by atoms with E-state index < -0.39 is 6.04 Å². The highest BCUT2D eigenvalue weighted by Crippen LogP contribution is 2.10. The van der Waals surface area contributed by atoms with Gasteiger partial charge in [-0.1, -0.05) is 20.3 Å². The fourth-order valence-corrected chi connectivity index (χ4v) is 1.79. The van der Waals surface area contributed by atoms with Crippen LogP contribution in [0.2, 0.25) is 0 Å². The number of pyridine rings is 1. The van der Waals surface area contributed by atoms with Gasteiger partial charge >= 0.3 is 0 Å². The molecule has 0 aromatic carbocycles. The highest BCUT2D eigenvalue weighted by Gasteiger charge is 2.18. The molecular weight excluding hydrogens is 280 g/mol. The van der Waals surface area contributed by atoms with E-state index in [0.29, 0.717) is 19.0 Å². The summed E-state index contributed by atoms with van der Waals surface area (Å²) in [5, 5.41) is 2.86. The number of ether oxygens (including phenoxy) is 1. The summed E-state index contributed by atoms with van der Waals surface area (Å²) in [6, 6.07) is 3.22. The van der Waals surface area contributed by atoms with Gasteiger partial charge in [-0.2, -0.15) is 0 Å². The summed E-state index contributed by atoms with van der Waals surface area (Å²) in [7, 11) is 3.98. The number of nitrogens with one attached hydrogen (secondary N) is 1. The Balaban J connectivity index is 2.47. The van der Waals surface area contributed by atoms with Crippen LogP contribution in [0.15, 0.2) is 18.3 Å². The molecule has 1 heterocycles. The van der Waals surface area contributed by atoms with Crippen LogP contribution in [0, 0.1) is 5.92 Å². The molecule has 0 aliphatic carbocycles. The molecule has 0 radical (unpaired) electrons. The quantitative estimate of drug-likeness (QED) is 0.712. The van der Waals surface area contributed by atoms with E-state index in [1.807, 2.05) is 45.0 Å². The lowest BCUT2D eigenvalue weighted by molar-refractivity contribution is -0.123. The van der Waals surface area contributed by atoms with Crippen molar-refractivity contribution < 1.29 is 9.53 Å². The topological polar surface area (TPSA) is 80.5 Å². The van der Waals surface area contributed by atoms with E-state index in [0.717, 1.165) is 18.5 Å². The predicted molar refractivity (Wildman–Crippen MR) is 87.6 cm³/mol. The molecule has 0 aliphatic heterocycles. The Bertz CT molecular complexity index is 465. The number of rotatable bonds is 9. The van der Waals surface area contributed by atoms with Gasteiger partial charge in [0.1, 0.15) is 6.61 Å². The maximum Gasteiger partial charge on any atom is 0.237 e. The molecule has 1 aromatic heterocycles. The van der Waals surface area contributed by atoms with Crippen LogP contribution in [-0.2, 0) is 11.3 Å². The molecule has 3 N–H and O–H groups in total. The summed E-state index contributed by atoms with van der Waals surface area (Å²) in [4.78, 5) is 18.2. The molecule has 0 fully saturated rings. The van der Waals surface area contributed by atoms with Crippen LogP contribution in [0.4, 0.5) is 0 Å². The van der Waals surface area contributed by atoms with Gasteiger partial charge in [-0.15, -0.1) is 0 Å². The van der Waals surface area contributed by atoms with Crippen LogP contribution >= 0.6 is 0 Å². The lowest BCUT2D eigenvalue weighted by Crippen LogP contribution is -2.44. The third-order valence-electron chi connectivity index (χ3n) is 3.61. The normalized spacial score (nSPS) is 13.7. The first-order chi connectivity index (χ1) is 10.4. The minimum atomic E-state index is -0.470. The van der Waals surface area contributed by atoms with E-state index in [4.69, 9.17) is 10.5 Å². The SMILES string of the molecule is CCC(C)C(N)C(=O)NCc1ccnc(OCCN(C)C)c1. The van der Waals surface area contributed by atoms with Crippen LogP contribution in [-0.4, -0.2) is 49.1 Å². The number of likely N-dealkylation sites (N-methyl/N-ethyl adjacent to an activating group) is 1. The maximum atomic E-state index is 12.0. The number of nitrogens with two attached hydrogens (primary N) is 1. The van der Waals surface area contributed by atoms with Gasteiger partial charge in [-0.3, -0.25) is 4.79 Å². The van der Waals surface area contributed by atoms with Crippen molar-refractivity contribution in [1.29, 1.82) is 0 Å². The summed E-state index contributed by atoms with van der Waals surface area (Å²) < 4.78 is 5.58. The summed E-state index contributed by atoms with van der Waals surface area (Å²) in [5.41, 5.74) is 6.85. The van der Waals surface area contributed by atoms with Crippen molar-refractivity contribution >= 4 is 5.91 Å². The molecule has 6 nitrogen and oxygen atoms in total. The average molecular weight is 308 g/mol. The van der Waals surface area contributed by atoms with Crippen molar-refractivity contribution in [1.82, 2.24) is 15.2 Å². The summed E-state index contributed by atoms with van der Waals surface area (Å²) in [6.45, 7) is 5.84. The molecule has 0 saturated heterocycles. The molecule has 1 rings (SSSR count). The minimum Gasteiger partial charge on any atom is -0.476 e. The van der Waals surface area contributed by atoms with Crippen molar-refractivity contribution in [2.45, 2.75) is 32.9 Å². The van der Waals surface area contributed by atoms with Crippen molar-refractivity contribution in [2.24, 2.45) is 11.7 Å². The zero-order valence-electron chi connectivity index (χ0n) is 14.0. The molecule has 0 spiro atoms. The molecule has 1 aromatic rings. The van der Waals surface area contributed by atoms with Crippen LogP contribution in [0.1, 0.15) is 25.8 Å². The van der Waals surface area contributed by atoms with Gasteiger partial charge in [0.2, 0.25) is 11.8 Å². The summed E-state index contributed by atoms with van der Waals surface area (Å²) in [5.74, 6) is 0.614. The number of hydrogen-bond acceptors (Lipinski definition) is 5. The van der Waals surface area contributed by atoms with Gasteiger partial charge < -0.3 is 20.7 Å². The molecule has 124 valence electrons. The fraction of sp³-hybridized carbons (Fsp3) is 0.625. The van der Waals surface area contributed by atoms with Gasteiger partial charge in [-0.25, -0.2) is 4.98 Å². The molecule has 6 heteroatoms. The number of carbonyl (C=O) groups excluding carboxylic acids is 1. The van der Waals surface area contributed by atoms with Crippen LogP contribution in [0.5, 0.6) is 5.88 Å². The van der Waals surface area contributed by atoms with E-state index in [9.17, 15) is 4.79 Å². The Kier molecular flexibility index (Phi) is 7.84. The average Bonchev–Trinajstić information content (AvgIpc) is 2.51. The zero-order chi connectivity index (χ0) is 16.5. The highest BCUT2D eigenvalue weighted by molar-refractivity contribution is 5.81. The number of hydrogen-bond donors (Lipinski definition) is 2. The number of nitrogens with zero attached hydrogens (tertiary/aromatic N) is 2. The molecule has 1 amide bonds. The minimum absolute atomic E-state index is 0.124. The van der Waals surface area contributed by atoms with E-state index >= 15 is 0 Å². The highest BCUT2D eigenvalue weighted by atomic mass is 16.5. The van der Waals surface area contributed by atoms with Crippen molar-refractivity contribution in [3.63, 3.8) is 0 Å². The van der Waals surface area contributed by atoms with Crippen molar-refractivity contribution in [3.8, 4) is 5.88 Å². The first-order valence-electron chi connectivity index (χ1n) is 7.69. The van der Waals surface area contributed by atoms with E-state index in [1.54, 1.807) is 6.20 Å². The largest absolute Gasteiger partial charge is 0.476 e. The molecule has 2 atom stereocenters. The van der Waals surface area contributed by atoms with Gasteiger partial charge in [0.15, 0.2) is 0 Å². The smallest absolute Gasteiger partial charge is 0.237 e. The summed E-state index contributed by atoms with van der Waals surface area (Å²) >= 11 is 0. The summed E-state index contributed by atoms with van der Waals surface area (Å²) in [6.07, 6.45) is 2.56. The van der Waals surface area contributed by atoms with E-state index in [2.05, 4.69) is 10.3 Å². The maximum absolute atomic E-state index is 12.0. The van der Waals surface area contributed by atoms with E-state index in [-0.39, 0.29) is 11.8 Å². The lowest BCUT2D eigenvalue weighted by atomic mass is 9.99. The third-order valence-corrected chi connectivity index (χ3v) is 3.61. The standard InChI is InChI=1S/C16H28N4O2/c1-5-12(2)15(17)16(21)19-11-13-6-7-18-14(10-13)22-9-8-20(3)4/h6-7,10,12,15H,5,8-9,11,17H2,1-4H3,(H,19,21). The van der Waals surface area contributed by atoms with Crippen molar-refractivity contribution in [2.75, 3.05) is 27.2 Å². The van der Waals surface area contributed by atoms with Crippen LogP contribution in [0.25, 0.3) is 0 Å². The van der Waals surface area contributed by atoms with Gasteiger partial charge in [0, 0.05) is 25.4 Å². The van der Waals surface area contributed by atoms with Crippen LogP contribution in [0.3, 0.4) is 0 Å². The van der Waals surface area contributed by atoms with Gasteiger partial charge in [-0.05, 0) is 31.6 Å². The Morgan fingerprint density at radius 1 is 1.50 bits per heavy atom. The van der Waals surface area contributed by atoms with Gasteiger partial charge in [0.05, 0.1) is 6.04 Å². The van der Waals surface area contributed by atoms with Crippen molar-refractivity contribution in [3.05, 3.63) is 23.9 Å². The molecule has 0 bridgehead atoms. The second kappa shape index (κ2) is 9.38. The molecule has 22 heavy (non-hydrogen) atoms. The number of amides is 1. The lowest BCUT2D eigenvalue weighted by Gasteiger charge is -2.17. The number of aromatic nitrogens is 1. The second-order valence-corrected chi connectivity index (χ2v) is 5.78. The third kappa shape index (κ3) is 6.41. The molecular formula is C16H28N4O2. The second-order valence-electron chi connectivity index (χ2n) is 5.78. The number of carbonyl (C=O) groups is 1. The molecule has 2 unspecified atom stereocenters. The Labute approximate surface area is 133 Å². The predicted octanol–water partition coefficient (Wildman–Crippen LogP) is 1.01. The van der Waals surface area contributed by atoms with Gasteiger partial charge in [0.25, 0.3) is 0 Å². The Hall–Kier alpha value is -1.66. The fourth-order valence-electron chi connectivity index (χ4n) is 1.79. The first-order valence-corrected chi connectivity index (χ1v) is 7.69. The van der Waals surface area contributed by atoms with E-state index in [1.165, 1.54) is 0 Å². The zero-order valence-corrected chi connectivity index (χ0v) is 14.0. The molecule has 0 saturated carbocycles. The molecule has 0 aliphatic rings. The van der Waals surface area contributed by atoms with Crippen LogP contribution < -0.4 is 15.8 Å². The first kappa shape index (κ1) is 18.4. The monoisotopic (exact) mass is 308 g/mol. The Morgan fingerprint density at radius 2 is 2.23 bits per heavy atom. The Morgan fingerprint density at radius 3 is 2.86 bits per heavy atom.